The molecular weight excluding hydrogens is 254 g/mol. The van der Waals surface area contributed by atoms with Crippen LogP contribution in [0.1, 0.15) is 21.6 Å². The Labute approximate surface area is 118 Å². The van der Waals surface area contributed by atoms with Crippen LogP contribution in [0, 0.1) is 13.8 Å². The molecule has 0 aliphatic rings. The lowest BCUT2D eigenvalue weighted by atomic mass is 10.1. The Morgan fingerprint density at radius 3 is 2.55 bits per heavy atom. The Balaban J connectivity index is 2.19. The standard InChI is InChI=1S/C15H19N3O2/c1-9-5-10(2)11-7-13(17-12(11)6-9)15(20)16-8-14(19)18(3)4/h5-7,17H,8H2,1-4H3,(H,16,20). The molecule has 1 heterocycles. The largest absolute Gasteiger partial charge is 0.351 e. The SMILES string of the molecule is Cc1cc(C)c2cc(C(=O)NCC(=O)N(C)C)[nH]c2c1. The molecule has 5 heteroatoms. The number of aromatic amines is 1. The van der Waals surface area contributed by atoms with E-state index in [2.05, 4.69) is 16.4 Å². The van der Waals surface area contributed by atoms with E-state index < -0.39 is 0 Å². The number of nitrogens with one attached hydrogen (secondary N) is 2. The number of aryl methyl sites for hydroxylation is 2. The highest BCUT2D eigenvalue weighted by atomic mass is 16.2. The number of hydrogen-bond acceptors (Lipinski definition) is 2. The summed E-state index contributed by atoms with van der Waals surface area (Å²) in [6.07, 6.45) is 0. The molecule has 0 aliphatic carbocycles. The fourth-order valence-corrected chi connectivity index (χ4v) is 2.13. The smallest absolute Gasteiger partial charge is 0.268 e. The maximum atomic E-state index is 12.0. The van der Waals surface area contributed by atoms with Gasteiger partial charge in [-0.1, -0.05) is 6.07 Å². The van der Waals surface area contributed by atoms with Crippen LogP contribution in [0.5, 0.6) is 0 Å². The van der Waals surface area contributed by atoms with Gasteiger partial charge in [-0.05, 0) is 37.1 Å². The van der Waals surface area contributed by atoms with Crippen molar-refractivity contribution in [1.82, 2.24) is 15.2 Å². The van der Waals surface area contributed by atoms with Gasteiger partial charge in [-0.15, -0.1) is 0 Å². The number of fused-ring (bicyclic) bond motifs is 1. The minimum absolute atomic E-state index is 0.000785. The summed E-state index contributed by atoms with van der Waals surface area (Å²) >= 11 is 0. The van der Waals surface area contributed by atoms with Crippen LogP contribution in [-0.4, -0.2) is 42.3 Å². The molecule has 0 fully saturated rings. The molecule has 20 heavy (non-hydrogen) atoms. The van der Waals surface area contributed by atoms with E-state index in [0.29, 0.717) is 5.69 Å². The van der Waals surface area contributed by atoms with E-state index in [1.807, 2.05) is 26.0 Å². The molecule has 2 N–H and O–H groups in total. The zero-order valence-corrected chi connectivity index (χ0v) is 12.2. The van der Waals surface area contributed by atoms with Gasteiger partial charge in [0.25, 0.3) is 5.91 Å². The molecule has 1 aromatic carbocycles. The minimum Gasteiger partial charge on any atom is -0.351 e. The van der Waals surface area contributed by atoms with Crippen LogP contribution in [0.25, 0.3) is 10.9 Å². The van der Waals surface area contributed by atoms with Gasteiger partial charge < -0.3 is 15.2 Å². The zero-order valence-electron chi connectivity index (χ0n) is 12.2. The van der Waals surface area contributed by atoms with Crippen molar-refractivity contribution >= 4 is 22.7 Å². The van der Waals surface area contributed by atoms with Gasteiger partial charge in [-0.3, -0.25) is 9.59 Å². The molecule has 2 rings (SSSR count). The number of carbonyl (C=O) groups is 2. The van der Waals surface area contributed by atoms with Gasteiger partial charge in [0.1, 0.15) is 5.69 Å². The molecule has 5 nitrogen and oxygen atoms in total. The maximum absolute atomic E-state index is 12.0. The fraction of sp³-hybridized carbons (Fsp3) is 0.333. The normalized spacial score (nSPS) is 10.6. The van der Waals surface area contributed by atoms with E-state index in [4.69, 9.17) is 0 Å². The van der Waals surface area contributed by atoms with Crippen molar-refractivity contribution in [3.8, 4) is 0 Å². The Hall–Kier alpha value is -2.30. The molecule has 0 radical (unpaired) electrons. The lowest BCUT2D eigenvalue weighted by Crippen LogP contribution is -2.36. The van der Waals surface area contributed by atoms with Crippen molar-refractivity contribution < 1.29 is 9.59 Å². The summed E-state index contributed by atoms with van der Waals surface area (Å²) in [5.74, 6) is -0.407. The van der Waals surface area contributed by atoms with E-state index in [1.165, 1.54) is 4.90 Å². The Morgan fingerprint density at radius 2 is 1.90 bits per heavy atom. The van der Waals surface area contributed by atoms with Crippen LogP contribution in [0.2, 0.25) is 0 Å². The summed E-state index contributed by atoms with van der Waals surface area (Å²) in [6, 6.07) is 5.90. The third-order valence-electron chi connectivity index (χ3n) is 3.23. The number of rotatable bonds is 3. The number of aromatic nitrogens is 1. The lowest BCUT2D eigenvalue weighted by molar-refractivity contribution is -0.127. The van der Waals surface area contributed by atoms with Crippen LogP contribution >= 0.6 is 0 Å². The number of amides is 2. The first-order valence-electron chi connectivity index (χ1n) is 6.47. The molecule has 106 valence electrons. The van der Waals surface area contributed by atoms with Crippen molar-refractivity contribution in [3.63, 3.8) is 0 Å². The summed E-state index contributed by atoms with van der Waals surface area (Å²) in [7, 11) is 3.31. The first kappa shape index (κ1) is 14.1. The van der Waals surface area contributed by atoms with Crippen LogP contribution in [0.15, 0.2) is 18.2 Å². The summed E-state index contributed by atoms with van der Waals surface area (Å²) < 4.78 is 0. The van der Waals surface area contributed by atoms with Gasteiger partial charge in [0.15, 0.2) is 0 Å². The van der Waals surface area contributed by atoms with Crippen LogP contribution in [0.4, 0.5) is 0 Å². The Bertz CT molecular complexity index is 671. The van der Waals surface area contributed by atoms with Gasteiger partial charge in [-0.2, -0.15) is 0 Å². The van der Waals surface area contributed by atoms with Crippen LogP contribution in [0.3, 0.4) is 0 Å². The topological polar surface area (TPSA) is 65.2 Å². The number of H-pyrrole nitrogens is 1. The first-order chi connectivity index (χ1) is 9.38. The van der Waals surface area contributed by atoms with E-state index in [1.54, 1.807) is 14.1 Å². The summed E-state index contributed by atoms with van der Waals surface area (Å²) in [5, 5.41) is 3.64. The van der Waals surface area contributed by atoms with Gasteiger partial charge >= 0.3 is 0 Å². The molecule has 0 unspecified atom stereocenters. The van der Waals surface area contributed by atoms with Gasteiger partial charge in [-0.25, -0.2) is 0 Å². The minimum atomic E-state index is -0.270. The van der Waals surface area contributed by atoms with E-state index in [0.717, 1.165) is 22.0 Å². The van der Waals surface area contributed by atoms with E-state index in [9.17, 15) is 9.59 Å². The van der Waals surface area contributed by atoms with E-state index in [-0.39, 0.29) is 18.4 Å². The number of benzene rings is 1. The van der Waals surface area contributed by atoms with Crippen LogP contribution in [-0.2, 0) is 4.79 Å². The van der Waals surface area contributed by atoms with Gasteiger partial charge in [0, 0.05) is 25.0 Å². The third-order valence-corrected chi connectivity index (χ3v) is 3.23. The lowest BCUT2D eigenvalue weighted by Gasteiger charge is -2.10. The Kier molecular flexibility index (Phi) is 3.79. The molecule has 0 aliphatic heterocycles. The first-order valence-corrected chi connectivity index (χ1v) is 6.47. The second-order valence-electron chi connectivity index (χ2n) is 5.20. The molecule has 0 saturated heterocycles. The van der Waals surface area contributed by atoms with E-state index >= 15 is 0 Å². The Morgan fingerprint density at radius 1 is 1.20 bits per heavy atom. The highest BCUT2D eigenvalue weighted by molar-refractivity contribution is 6.00. The number of carbonyl (C=O) groups excluding carboxylic acids is 2. The molecule has 0 saturated carbocycles. The summed E-state index contributed by atoms with van der Waals surface area (Å²) in [5.41, 5.74) is 3.68. The third kappa shape index (κ3) is 2.82. The number of hydrogen-bond donors (Lipinski definition) is 2. The summed E-state index contributed by atoms with van der Waals surface area (Å²) in [6.45, 7) is 4.03. The van der Waals surface area contributed by atoms with Crippen molar-refractivity contribution in [3.05, 3.63) is 35.0 Å². The van der Waals surface area contributed by atoms with Crippen molar-refractivity contribution in [1.29, 1.82) is 0 Å². The zero-order chi connectivity index (χ0) is 14.9. The highest BCUT2D eigenvalue weighted by Crippen LogP contribution is 2.21. The number of likely N-dealkylation sites (N-methyl/N-ethyl adjacent to an activating group) is 1. The summed E-state index contributed by atoms with van der Waals surface area (Å²) in [4.78, 5) is 28.0. The molecule has 1 aromatic heterocycles. The molecular formula is C15H19N3O2. The van der Waals surface area contributed by atoms with Gasteiger partial charge in [0.05, 0.1) is 6.54 Å². The van der Waals surface area contributed by atoms with Gasteiger partial charge in [0.2, 0.25) is 5.91 Å². The maximum Gasteiger partial charge on any atom is 0.268 e. The molecule has 0 spiro atoms. The quantitative estimate of drug-likeness (QED) is 0.892. The second kappa shape index (κ2) is 5.36. The molecule has 0 bridgehead atoms. The predicted octanol–water partition coefficient (Wildman–Crippen LogP) is 1.60. The number of nitrogens with zero attached hydrogens (tertiary/aromatic N) is 1. The monoisotopic (exact) mass is 273 g/mol. The molecule has 2 amide bonds. The van der Waals surface area contributed by atoms with Crippen LogP contribution < -0.4 is 5.32 Å². The molecule has 0 atom stereocenters. The second-order valence-corrected chi connectivity index (χ2v) is 5.20. The van der Waals surface area contributed by atoms with Crippen molar-refractivity contribution in [2.24, 2.45) is 0 Å². The van der Waals surface area contributed by atoms with Crippen molar-refractivity contribution in [2.75, 3.05) is 20.6 Å². The fourth-order valence-electron chi connectivity index (χ4n) is 2.13. The van der Waals surface area contributed by atoms with Crippen molar-refractivity contribution in [2.45, 2.75) is 13.8 Å². The molecule has 2 aromatic rings. The average molecular weight is 273 g/mol. The average Bonchev–Trinajstić information content (AvgIpc) is 2.79. The highest BCUT2D eigenvalue weighted by Gasteiger charge is 2.12. The predicted molar refractivity (Wildman–Crippen MR) is 78.8 cm³/mol.